The summed E-state index contributed by atoms with van der Waals surface area (Å²) >= 11 is 1.74. The molecular formula is C37H38N4O4S. The molecule has 0 fully saturated rings. The number of rotatable bonds is 11. The van der Waals surface area contributed by atoms with Gasteiger partial charge in [0.05, 0.1) is 23.8 Å². The summed E-state index contributed by atoms with van der Waals surface area (Å²) in [4.78, 5) is 22.1. The maximum absolute atomic E-state index is 12.4. The Hall–Kier alpha value is -4.81. The molecule has 0 amide bonds. The maximum Gasteiger partial charge on any atom is 0.309 e. The highest BCUT2D eigenvalue weighted by Crippen LogP contribution is 2.44. The summed E-state index contributed by atoms with van der Waals surface area (Å²) in [6.45, 7) is 10.9. The lowest BCUT2D eigenvalue weighted by Gasteiger charge is -2.24. The zero-order valence-electron chi connectivity index (χ0n) is 27.0. The summed E-state index contributed by atoms with van der Waals surface area (Å²) in [6, 6.07) is 23.9. The predicted molar refractivity (Wildman–Crippen MR) is 181 cm³/mol. The van der Waals surface area contributed by atoms with Crippen molar-refractivity contribution >= 4 is 28.6 Å². The van der Waals surface area contributed by atoms with E-state index < -0.39 is 11.4 Å². The van der Waals surface area contributed by atoms with Gasteiger partial charge in [0, 0.05) is 63.2 Å². The molecule has 0 radical (unpaired) electrons. The van der Waals surface area contributed by atoms with Gasteiger partial charge in [-0.25, -0.2) is 4.98 Å². The third kappa shape index (κ3) is 7.52. The van der Waals surface area contributed by atoms with Gasteiger partial charge in [-0.15, -0.1) is 11.8 Å². The molecule has 3 aromatic heterocycles. The Labute approximate surface area is 274 Å². The van der Waals surface area contributed by atoms with Crippen molar-refractivity contribution < 1.29 is 19.4 Å². The molecule has 0 unspecified atom stereocenters. The second kappa shape index (κ2) is 13.3. The first-order valence-electron chi connectivity index (χ1n) is 15.0. The molecule has 236 valence electrons. The van der Waals surface area contributed by atoms with Gasteiger partial charge >= 0.3 is 5.97 Å². The number of hydrogen-bond acceptors (Lipinski definition) is 7. The molecule has 0 saturated carbocycles. The zero-order valence-corrected chi connectivity index (χ0v) is 27.8. The number of ether oxygens (including phenoxy) is 2. The number of methoxy groups -OCH3 is 1. The van der Waals surface area contributed by atoms with Crippen LogP contribution >= 0.6 is 11.8 Å². The van der Waals surface area contributed by atoms with Crippen LogP contribution in [-0.4, -0.2) is 37.5 Å². The van der Waals surface area contributed by atoms with Gasteiger partial charge in [-0.2, -0.15) is 5.26 Å². The molecule has 0 aliphatic heterocycles. The fourth-order valence-corrected chi connectivity index (χ4v) is 6.29. The SMILES string of the molecule is COc1ccc(-c2ccc(Cn3c(CC(C)(C)C(=O)O)c(SC(C)(C)C)c4cc(OCc5ccc(C#N)cn5)ccc43)cc2)cn1. The Balaban J connectivity index is 1.55. The number of thioether (sulfide) groups is 1. The van der Waals surface area contributed by atoms with Gasteiger partial charge in [-0.3, -0.25) is 9.78 Å². The Kier molecular flexibility index (Phi) is 9.40. The van der Waals surface area contributed by atoms with Crippen LogP contribution in [0.3, 0.4) is 0 Å². The molecule has 0 aliphatic rings. The quantitative estimate of drug-likeness (QED) is 0.145. The normalized spacial score (nSPS) is 11.8. The molecule has 46 heavy (non-hydrogen) atoms. The van der Waals surface area contributed by atoms with Crippen LogP contribution in [0.4, 0.5) is 0 Å². The largest absolute Gasteiger partial charge is 0.487 e. The second-order valence-corrected chi connectivity index (χ2v) is 14.7. The van der Waals surface area contributed by atoms with Crippen molar-refractivity contribution in [3.05, 3.63) is 102 Å². The molecule has 0 spiro atoms. The molecule has 5 aromatic rings. The van der Waals surface area contributed by atoms with Gasteiger partial charge in [0.15, 0.2) is 0 Å². The summed E-state index contributed by atoms with van der Waals surface area (Å²) in [7, 11) is 1.60. The first kappa shape index (κ1) is 32.6. The number of benzene rings is 2. The zero-order chi connectivity index (χ0) is 33.1. The van der Waals surface area contributed by atoms with Gasteiger partial charge in [0.25, 0.3) is 0 Å². The Morgan fingerprint density at radius 2 is 1.70 bits per heavy atom. The van der Waals surface area contributed by atoms with E-state index in [2.05, 4.69) is 71.7 Å². The Bertz CT molecular complexity index is 1880. The number of aliphatic carboxylic acids is 1. The number of hydrogen-bond donors (Lipinski definition) is 1. The Morgan fingerprint density at radius 3 is 2.28 bits per heavy atom. The van der Waals surface area contributed by atoms with Crippen molar-refractivity contribution in [1.82, 2.24) is 14.5 Å². The van der Waals surface area contributed by atoms with Gasteiger partial charge in [0.2, 0.25) is 5.88 Å². The predicted octanol–water partition coefficient (Wildman–Crippen LogP) is 8.15. The third-order valence-corrected chi connectivity index (χ3v) is 8.87. The molecule has 1 N–H and O–H groups in total. The van der Waals surface area contributed by atoms with E-state index in [1.807, 2.05) is 24.3 Å². The average molecular weight is 635 g/mol. The summed E-state index contributed by atoms with van der Waals surface area (Å²) in [5, 5.41) is 20.2. The molecule has 0 aliphatic carbocycles. The van der Waals surface area contributed by atoms with Crippen molar-refractivity contribution in [2.24, 2.45) is 5.41 Å². The smallest absolute Gasteiger partial charge is 0.309 e. The topological polar surface area (TPSA) is 110 Å². The summed E-state index contributed by atoms with van der Waals surface area (Å²) < 4.78 is 13.5. The van der Waals surface area contributed by atoms with Crippen LogP contribution in [0.5, 0.6) is 11.6 Å². The van der Waals surface area contributed by atoms with Crippen molar-refractivity contribution in [3.8, 4) is 28.8 Å². The first-order valence-corrected chi connectivity index (χ1v) is 15.8. The fourth-order valence-electron chi connectivity index (χ4n) is 5.11. The minimum atomic E-state index is -0.981. The van der Waals surface area contributed by atoms with Gasteiger partial charge in [-0.05, 0) is 61.4 Å². The van der Waals surface area contributed by atoms with Crippen LogP contribution in [0.25, 0.3) is 22.0 Å². The van der Waals surface area contributed by atoms with E-state index in [1.54, 1.807) is 51.0 Å². The minimum Gasteiger partial charge on any atom is -0.487 e. The average Bonchev–Trinajstić information content (AvgIpc) is 3.29. The molecule has 5 rings (SSSR count). The number of nitriles is 1. The third-order valence-electron chi connectivity index (χ3n) is 7.60. The number of nitrogens with zero attached hydrogens (tertiary/aromatic N) is 4. The van der Waals surface area contributed by atoms with Crippen molar-refractivity contribution in [2.45, 2.75) is 63.8 Å². The van der Waals surface area contributed by atoms with E-state index in [9.17, 15) is 9.90 Å². The van der Waals surface area contributed by atoms with E-state index in [4.69, 9.17) is 14.7 Å². The highest BCUT2D eigenvalue weighted by molar-refractivity contribution is 8.00. The van der Waals surface area contributed by atoms with Gasteiger partial charge in [0.1, 0.15) is 18.4 Å². The lowest BCUT2D eigenvalue weighted by atomic mass is 9.88. The van der Waals surface area contributed by atoms with Gasteiger partial charge < -0.3 is 19.1 Å². The molecule has 3 heterocycles. The molecule has 0 atom stereocenters. The highest BCUT2D eigenvalue weighted by Gasteiger charge is 2.33. The maximum atomic E-state index is 12.4. The fraction of sp³-hybridized carbons (Fsp3) is 0.297. The van der Waals surface area contributed by atoms with Crippen LogP contribution in [0.2, 0.25) is 0 Å². The number of carboxylic acid groups (broad SMARTS) is 1. The summed E-state index contributed by atoms with van der Waals surface area (Å²) in [6.07, 6.45) is 3.69. The number of aromatic nitrogens is 3. The minimum absolute atomic E-state index is 0.126. The first-order chi connectivity index (χ1) is 21.9. The number of carboxylic acids is 1. The number of carbonyl (C=O) groups is 1. The van der Waals surface area contributed by atoms with Crippen molar-refractivity contribution in [3.63, 3.8) is 0 Å². The standard InChI is InChI=1S/C37H38N4O4S/c1-36(2,3)46-34-30-17-29(45-23-28-13-9-25(19-38)20-39-28)14-15-31(30)41(32(34)18-37(4,5)35(42)43)22-24-7-10-26(11-8-24)27-12-16-33(44-6)40-21-27/h7-17,20-21H,18,22-23H2,1-6H3,(H,42,43). The molecular weight excluding hydrogens is 596 g/mol. The van der Waals surface area contributed by atoms with E-state index in [1.165, 1.54) is 6.20 Å². The number of pyridine rings is 2. The molecule has 2 aromatic carbocycles. The summed E-state index contributed by atoms with van der Waals surface area (Å²) in [5.74, 6) is 0.417. The van der Waals surface area contributed by atoms with Crippen LogP contribution in [0.15, 0.2) is 84.0 Å². The van der Waals surface area contributed by atoms with Crippen LogP contribution in [0, 0.1) is 16.7 Å². The van der Waals surface area contributed by atoms with E-state index in [0.29, 0.717) is 30.2 Å². The lowest BCUT2D eigenvalue weighted by molar-refractivity contribution is -0.146. The lowest BCUT2D eigenvalue weighted by Crippen LogP contribution is -2.28. The molecule has 9 heteroatoms. The highest BCUT2D eigenvalue weighted by atomic mass is 32.2. The van der Waals surface area contributed by atoms with E-state index in [-0.39, 0.29) is 11.4 Å². The van der Waals surface area contributed by atoms with Crippen LogP contribution in [-0.2, 0) is 24.4 Å². The van der Waals surface area contributed by atoms with Crippen LogP contribution in [0.1, 0.15) is 57.1 Å². The van der Waals surface area contributed by atoms with Crippen molar-refractivity contribution in [2.75, 3.05) is 7.11 Å². The molecule has 0 saturated heterocycles. The second-order valence-electron chi connectivity index (χ2n) is 12.8. The van der Waals surface area contributed by atoms with Crippen LogP contribution < -0.4 is 9.47 Å². The van der Waals surface area contributed by atoms with Crippen molar-refractivity contribution in [1.29, 1.82) is 5.26 Å². The summed E-state index contributed by atoms with van der Waals surface area (Å²) in [5.41, 5.74) is 5.37. The molecule has 8 nitrogen and oxygen atoms in total. The van der Waals surface area contributed by atoms with E-state index in [0.717, 1.165) is 43.9 Å². The van der Waals surface area contributed by atoms with Gasteiger partial charge in [-0.1, -0.05) is 45.0 Å². The monoisotopic (exact) mass is 634 g/mol. The molecule has 0 bridgehead atoms. The van der Waals surface area contributed by atoms with E-state index >= 15 is 0 Å². The Morgan fingerprint density at radius 1 is 0.957 bits per heavy atom. The number of fused-ring (bicyclic) bond motifs is 1.